The van der Waals surface area contributed by atoms with E-state index < -0.39 is 5.91 Å². The minimum absolute atomic E-state index is 0.163. The van der Waals surface area contributed by atoms with E-state index in [4.69, 9.17) is 16.3 Å². The van der Waals surface area contributed by atoms with Gasteiger partial charge >= 0.3 is 0 Å². The van der Waals surface area contributed by atoms with E-state index >= 15 is 0 Å². The third-order valence-electron chi connectivity index (χ3n) is 5.05. The monoisotopic (exact) mass is 351 g/mol. The van der Waals surface area contributed by atoms with Crippen LogP contribution in [0.3, 0.4) is 0 Å². The lowest BCUT2D eigenvalue weighted by atomic mass is 9.83. The lowest BCUT2D eigenvalue weighted by Crippen LogP contribution is -2.57. The average Bonchev–Trinajstić information content (AvgIpc) is 2.60. The highest BCUT2D eigenvalue weighted by molar-refractivity contribution is 6.31. The molecule has 1 unspecified atom stereocenters. The molecule has 3 saturated heterocycles. The van der Waals surface area contributed by atoms with Crippen LogP contribution in [0.4, 0.5) is 5.69 Å². The van der Waals surface area contributed by atoms with Crippen LogP contribution in [0.15, 0.2) is 12.1 Å². The van der Waals surface area contributed by atoms with Gasteiger partial charge in [-0.25, -0.2) is 5.06 Å². The van der Waals surface area contributed by atoms with Gasteiger partial charge in [0.1, 0.15) is 0 Å². The largest absolute Gasteiger partial charge is 0.481 e. The first kappa shape index (κ1) is 15.7. The highest BCUT2D eigenvalue weighted by Gasteiger charge is 2.40. The molecule has 2 bridgehead atoms. The molecule has 0 radical (unpaired) electrons. The topological polar surface area (TPSA) is 82.1 Å². The van der Waals surface area contributed by atoms with Gasteiger partial charge in [0.25, 0.3) is 11.8 Å². The molecule has 0 aromatic heterocycles. The molecule has 1 aromatic carbocycles. The van der Waals surface area contributed by atoms with Gasteiger partial charge in [0.15, 0.2) is 12.4 Å². The molecule has 0 aliphatic carbocycles. The van der Waals surface area contributed by atoms with Crippen LogP contribution in [0.25, 0.3) is 0 Å². The Morgan fingerprint density at radius 1 is 1.38 bits per heavy atom. The molecule has 128 valence electrons. The first-order valence-electron chi connectivity index (χ1n) is 8.04. The van der Waals surface area contributed by atoms with Crippen molar-refractivity contribution < 1.29 is 19.5 Å². The number of benzene rings is 1. The lowest BCUT2D eigenvalue weighted by molar-refractivity contribution is -0.133. The van der Waals surface area contributed by atoms with Crippen molar-refractivity contribution in [3.63, 3.8) is 0 Å². The maximum absolute atomic E-state index is 12.8. The zero-order chi connectivity index (χ0) is 16.8. The van der Waals surface area contributed by atoms with Crippen molar-refractivity contribution in [2.24, 2.45) is 5.92 Å². The molecule has 1 aromatic rings. The van der Waals surface area contributed by atoms with Gasteiger partial charge in [-0.3, -0.25) is 14.8 Å². The van der Waals surface area contributed by atoms with Crippen LogP contribution in [0.1, 0.15) is 23.2 Å². The molecule has 7 nitrogen and oxygen atoms in total. The SMILES string of the molecule is O=C1COc2c(cc(Cl)cc2C(=O)N(O)C2CN3CCC2CC3)N1. The second-order valence-electron chi connectivity index (χ2n) is 6.52. The van der Waals surface area contributed by atoms with Crippen molar-refractivity contribution in [2.75, 3.05) is 31.6 Å². The Hall–Kier alpha value is -1.83. The minimum atomic E-state index is -0.552. The van der Waals surface area contributed by atoms with Crippen LogP contribution in [-0.4, -0.2) is 59.3 Å². The normalized spacial score (nSPS) is 27.9. The van der Waals surface area contributed by atoms with Gasteiger partial charge < -0.3 is 15.0 Å². The first-order chi connectivity index (χ1) is 11.5. The van der Waals surface area contributed by atoms with Crippen LogP contribution in [-0.2, 0) is 4.79 Å². The van der Waals surface area contributed by atoms with Crippen LogP contribution >= 0.6 is 11.6 Å². The number of nitrogens with one attached hydrogen (secondary N) is 1. The predicted octanol–water partition coefficient (Wildman–Crippen LogP) is 1.60. The lowest BCUT2D eigenvalue weighted by Gasteiger charge is -2.46. The average molecular weight is 352 g/mol. The number of piperidine rings is 3. The Bertz CT molecular complexity index is 703. The summed E-state index contributed by atoms with van der Waals surface area (Å²) in [5, 5.41) is 14.3. The first-order valence-corrected chi connectivity index (χ1v) is 8.41. The number of hydrogen-bond acceptors (Lipinski definition) is 5. The maximum atomic E-state index is 12.8. The molecule has 4 heterocycles. The summed E-state index contributed by atoms with van der Waals surface area (Å²) in [5.74, 6) is -0.297. The number of ether oxygens (including phenoxy) is 1. The van der Waals surface area contributed by atoms with Crippen LogP contribution < -0.4 is 10.1 Å². The second-order valence-corrected chi connectivity index (χ2v) is 6.96. The Kier molecular flexibility index (Phi) is 3.86. The van der Waals surface area contributed by atoms with E-state index in [1.807, 2.05) is 0 Å². The van der Waals surface area contributed by atoms with Crippen molar-refractivity contribution in [3.05, 3.63) is 22.7 Å². The van der Waals surface area contributed by atoms with E-state index in [2.05, 4.69) is 10.2 Å². The molecule has 2 amide bonds. The van der Waals surface area contributed by atoms with Crippen LogP contribution in [0.2, 0.25) is 5.02 Å². The molecule has 24 heavy (non-hydrogen) atoms. The number of hydroxylamine groups is 2. The van der Waals surface area contributed by atoms with Crippen molar-refractivity contribution in [1.29, 1.82) is 0 Å². The fourth-order valence-electron chi connectivity index (χ4n) is 3.81. The number of nitrogens with zero attached hydrogens (tertiary/aromatic N) is 2. The van der Waals surface area contributed by atoms with Gasteiger partial charge in [-0.1, -0.05) is 11.6 Å². The van der Waals surface area contributed by atoms with Gasteiger partial charge in [-0.05, 0) is 44.0 Å². The number of rotatable bonds is 2. The fraction of sp³-hybridized carbons (Fsp3) is 0.500. The third kappa shape index (κ3) is 2.62. The summed E-state index contributed by atoms with van der Waals surface area (Å²) >= 11 is 6.06. The zero-order valence-corrected chi connectivity index (χ0v) is 13.8. The number of anilines is 1. The molecule has 4 aliphatic rings. The predicted molar refractivity (Wildman–Crippen MR) is 86.5 cm³/mol. The van der Waals surface area contributed by atoms with Gasteiger partial charge in [-0.15, -0.1) is 0 Å². The Morgan fingerprint density at radius 3 is 2.79 bits per heavy atom. The molecule has 5 rings (SSSR count). The molecular formula is C16H18ClN3O4. The Labute approximate surface area is 144 Å². The number of hydrogen-bond donors (Lipinski definition) is 2. The highest BCUT2D eigenvalue weighted by atomic mass is 35.5. The summed E-state index contributed by atoms with van der Waals surface area (Å²) in [6, 6.07) is 2.76. The third-order valence-corrected chi connectivity index (χ3v) is 5.27. The Balaban J connectivity index is 1.63. The van der Waals surface area contributed by atoms with E-state index in [-0.39, 0.29) is 29.9 Å². The van der Waals surface area contributed by atoms with Crippen LogP contribution in [0.5, 0.6) is 5.75 Å². The number of halogens is 1. The van der Waals surface area contributed by atoms with Gasteiger partial charge in [0, 0.05) is 11.6 Å². The van der Waals surface area contributed by atoms with Crippen LogP contribution in [0, 0.1) is 5.92 Å². The molecule has 2 N–H and O–H groups in total. The van der Waals surface area contributed by atoms with Gasteiger partial charge in [0.05, 0.1) is 17.3 Å². The summed E-state index contributed by atoms with van der Waals surface area (Å²) < 4.78 is 5.40. The van der Waals surface area contributed by atoms with E-state index in [1.165, 1.54) is 12.1 Å². The maximum Gasteiger partial charge on any atom is 0.281 e. The molecule has 0 spiro atoms. The molecule has 1 atom stereocenters. The smallest absolute Gasteiger partial charge is 0.281 e. The van der Waals surface area contributed by atoms with E-state index in [1.54, 1.807) is 0 Å². The van der Waals surface area contributed by atoms with Gasteiger partial charge in [-0.2, -0.15) is 0 Å². The van der Waals surface area contributed by atoms with Crippen molar-refractivity contribution >= 4 is 29.1 Å². The van der Waals surface area contributed by atoms with E-state index in [0.717, 1.165) is 31.0 Å². The van der Waals surface area contributed by atoms with Crippen molar-refractivity contribution in [3.8, 4) is 5.75 Å². The molecule has 8 heteroatoms. The minimum Gasteiger partial charge on any atom is -0.481 e. The molecule has 0 saturated carbocycles. The summed E-state index contributed by atoms with van der Waals surface area (Å²) in [4.78, 5) is 26.5. The fourth-order valence-corrected chi connectivity index (χ4v) is 4.03. The number of fused-ring (bicyclic) bond motifs is 4. The van der Waals surface area contributed by atoms with E-state index in [0.29, 0.717) is 23.2 Å². The Morgan fingerprint density at radius 2 is 2.12 bits per heavy atom. The van der Waals surface area contributed by atoms with Crippen molar-refractivity contribution in [1.82, 2.24) is 9.96 Å². The highest BCUT2D eigenvalue weighted by Crippen LogP contribution is 2.37. The summed E-state index contributed by atoms with van der Waals surface area (Å²) in [6.45, 7) is 2.54. The quantitative estimate of drug-likeness (QED) is 0.624. The molecule has 3 fully saturated rings. The standard InChI is InChI=1S/C16H18ClN3O4/c17-10-5-11(15-12(6-10)18-14(21)8-24-15)16(22)20(23)13-7-19-3-1-9(13)2-4-19/h5-6,9,13,23H,1-4,7-8H2,(H,18,21). The van der Waals surface area contributed by atoms with Gasteiger partial charge in [0.2, 0.25) is 0 Å². The molecular weight excluding hydrogens is 334 g/mol. The number of amides is 2. The van der Waals surface area contributed by atoms with Crippen molar-refractivity contribution in [2.45, 2.75) is 18.9 Å². The molecule has 4 aliphatic heterocycles. The summed E-state index contributed by atoms with van der Waals surface area (Å²) in [6.07, 6.45) is 1.96. The number of carbonyl (C=O) groups excluding carboxylic acids is 2. The second kappa shape index (κ2) is 5.91. The number of carbonyl (C=O) groups is 2. The summed E-state index contributed by atoms with van der Waals surface area (Å²) in [5.41, 5.74) is 0.515. The van der Waals surface area contributed by atoms with E-state index in [9.17, 15) is 14.8 Å². The summed E-state index contributed by atoms with van der Waals surface area (Å²) in [7, 11) is 0. The zero-order valence-electron chi connectivity index (χ0n) is 13.0.